The molecule has 0 aromatic carbocycles. The van der Waals surface area contributed by atoms with Gasteiger partial charge < -0.3 is 10.0 Å². The van der Waals surface area contributed by atoms with E-state index in [1.165, 1.54) is 22.9 Å². The number of nitrogens with zero attached hydrogens (tertiary/aromatic N) is 1. The summed E-state index contributed by atoms with van der Waals surface area (Å²) in [7, 11) is 0. The van der Waals surface area contributed by atoms with E-state index < -0.39 is 0 Å². The molecule has 1 fully saturated rings. The number of rotatable bonds is 1. The number of hydrogen-bond acceptors (Lipinski definition) is 3. The molecule has 1 aliphatic heterocycles. The Morgan fingerprint density at radius 2 is 2.56 bits per heavy atom. The van der Waals surface area contributed by atoms with Crippen LogP contribution in [0.3, 0.4) is 0 Å². The first kappa shape index (κ1) is 6.48. The van der Waals surface area contributed by atoms with Crippen molar-refractivity contribution >= 4 is 17.0 Å². The van der Waals surface area contributed by atoms with Crippen LogP contribution in [0.5, 0.6) is 0 Å². The first-order chi connectivity index (χ1) is 4.34. The first-order valence-electron chi connectivity index (χ1n) is 2.59. The van der Waals surface area contributed by atoms with Crippen molar-refractivity contribution in [2.45, 2.75) is 0 Å². The molecule has 0 aliphatic carbocycles. The highest BCUT2D eigenvalue weighted by molar-refractivity contribution is 8.13. The zero-order valence-corrected chi connectivity index (χ0v) is 5.60. The third-order valence-corrected chi connectivity index (χ3v) is 1.91. The zero-order chi connectivity index (χ0) is 6.69. The quantitative estimate of drug-likeness (QED) is 0.563. The van der Waals surface area contributed by atoms with Crippen molar-refractivity contribution in [3.05, 3.63) is 12.5 Å². The van der Waals surface area contributed by atoms with Crippen LogP contribution in [0.4, 0.5) is 4.79 Å². The lowest BCUT2D eigenvalue weighted by Crippen LogP contribution is -2.15. The highest BCUT2D eigenvalue weighted by atomic mass is 32.2. The van der Waals surface area contributed by atoms with E-state index in [9.17, 15) is 4.79 Å². The molecular weight excluding hydrogens is 138 g/mol. The molecule has 0 atom stereocenters. The molecule has 0 saturated carbocycles. The van der Waals surface area contributed by atoms with Gasteiger partial charge in [-0.3, -0.25) is 4.79 Å². The van der Waals surface area contributed by atoms with Crippen molar-refractivity contribution < 1.29 is 9.90 Å². The van der Waals surface area contributed by atoms with Gasteiger partial charge in [0.2, 0.25) is 0 Å². The van der Waals surface area contributed by atoms with Gasteiger partial charge in [0.05, 0.1) is 6.26 Å². The van der Waals surface area contributed by atoms with Crippen molar-refractivity contribution in [2.75, 3.05) is 12.3 Å². The molecule has 0 bridgehead atoms. The molecule has 1 amide bonds. The second-order valence-electron chi connectivity index (χ2n) is 1.61. The minimum atomic E-state index is 0.0142. The van der Waals surface area contributed by atoms with Crippen LogP contribution >= 0.6 is 11.8 Å². The molecule has 4 heteroatoms. The molecule has 1 heterocycles. The summed E-state index contributed by atoms with van der Waals surface area (Å²) in [5.74, 6) is 0.823. The summed E-state index contributed by atoms with van der Waals surface area (Å²) in [4.78, 5) is 12.2. The average Bonchev–Trinajstić information content (AvgIpc) is 2.18. The van der Waals surface area contributed by atoms with Crippen molar-refractivity contribution in [2.24, 2.45) is 0 Å². The number of aliphatic hydroxyl groups is 1. The number of aliphatic hydroxyl groups excluding tert-OH is 1. The van der Waals surface area contributed by atoms with E-state index >= 15 is 0 Å². The Morgan fingerprint density at radius 1 is 1.78 bits per heavy atom. The number of carbonyl (C=O) groups excluding carboxylic acids is 1. The Balaban J connectivity index is 2.49. The van der Waals surface area contributed by atoms with Crippen LogP contribution < -0.4 is 0 Å². The molecular formula is C5H7NO2S. The van der Waals surface area contributed by atoms with Crippen LogP contribution in [-0.4, -0.2) is 27.5 Å². The van der Waals surface area contributed by atoms with Crippen LogP contribution in [-0.2, 0) is 0 Å². The lowest BCUT2D eigenvalue weighted by atomic mass is 10.6. The van der Waals surface area contributed by atoms with Gasteiger partial charge in [0.1, 0.15) is 0 Å². The molecule has 0 aromatic heterocycles. The summed E-state index contributed by atoms with van der Waals surface area (Å²) in [6, 6.07) is 0. The van der Waals surface area contributed by atoms with Crippen LogP contribution in [0.15, 0.2) is 12.5 Å². The van der Waals surface area contributed by atoms with E-state index in [4.69, 9.17) is 5.11 Å². The fraction of sp³-hybridized carbons (Fsp3) is 0.400. The molecule has 3 nitrogen and oxygen atoms in total. The Morgan fingerprint density at radius 3 is 3.00 bits per heavy atom. The summed E-state index contributed by atoms with van der Waals surface area (Å²) >= 11 is 1.27. The predicted octanol–water partition coefficient (Wildman–Crippen LogP) is 1.18. The van der Waals surface area contributed by atoms with Crippen LogP contribution in [0, 0.1) is 0 Å². The summed E-state index contributed by atoms with van der Waals surface area (Å²) in [5.41, 5.74) is 0. The highest BCUT2D eigenvalue weighted by Gasteiger charge is 2.17. The van der Waals surface area contributed by atoms with Crippen LogP contribution in [0.1, 0.15) is 0 Å². The van der Waals surface area contributed by atoms with Gasteiger partial charge in [0.15, 0.2) is 0 Å². The highest BCUT2D eigenvalue weighted by Crippen LogP contribution is 2.16. The monoisotopic (exact) mass is 145 g/mol. The van der Waals surface area contributed by atoms with E-state index in [1.54, 1.807) is 0 Å². The number of hydrogen-bond donors (Lipinski definition) is 1. The molecule has 0 spiro atoms. The molecule has 50 valence electrons. The Labute approximate surface area is 57.3 Å². The van der Waals surface area contributed by atoms with Gasteiger partial charge in [-0.05, 0) is 0 Å². The molecule has 1 rings (SSSR count). The largest absolute Gasteiger partial charge is 0.514 e. The minimum Gasteiger partial charge on any atom is -0.514 e. The van der Waals surface area contributed by atoms with Crippen molar-refractivity contribution in [1.29, 1.82) is 0 Å². The van der Waals surface area contributed by atoms with Crippen molar-refractivity contribution in [1.82, 2.24) is 4.90 Å². The maximum Gasteiger partial charge on any atom is 0.285 e. The maximum absolute atomic E-state index is 10.7. The smallest absolute Gasteiger partial charge is 0.285 e. The molecule has 9 heavy (non-hydrogen) atoms. The minimum absolute atomic E-state index is 0.0142. The van der Waals surface area contributed by atoms with Gasteiger partial charge in [-0.25, -0.2) is 0 Å². The zero-order valence-electron chi connectivity index (χ0n) is 4.78. The Bertz CT molecular complexity index is 146. The summed E-state index contributed by atoms with van der Waals surface area (Å²) in [6.45, 7) is 0.709. The Kier molecular flexibility index (Phi) is 2.00. The van der Waals surface area contributed by atoms with Gasteiger partial charge >= 0.3 is 0 Å². The third kappa shape index (κ3) is 1.38. The fourth-order valence-corrected chi connectivity index (χ4v) is 1.40. The average molecular weight is 145 g/mol. The number of carbonyl (C=O) groups is 1. The molecule has 0 aromatic rings. The normalized spacial score (nSPS) is 20.0. The predicted molar refractivity (Wildman–Crippen MR) is 36.3 cm³/mol. The lowest BCUT2D eigenvalue weighted by Gasteiger charge is -2.04. The molecule has 1 aliphatic rings. The van der Waals surface area contributed by atoms with E-state index in [-0.39, 0.29) is 5.24 Å². The van der Waals surface area contributed by atoms with E-state index in [2.05, 4.69) is 0 Å². The van der Waals surface area contributed by atoms with Gasteiger partial charge in [-0.2, -0.15) is 0 Å². The first-order valence-corrected chi connectivity index (χ1v) is 3.57. The SMILES string of the molecule is O=C1SCCN1C=CO. The molecule has 1 N–H and O–H groups in total. The van der Waals surface area contributed by atoms with Crippen LogP contribution in [0.2, 0.25) is 0 Å². The molecule has 1 saturated heterocycles. The summed E-state index contributed by atoms with van der Waals surface area (Å²) < 4.78 is 0. The molecule has 0 radical (unpaired) electrons. The second-order valence-corrected chi connectivity index (χ2v) is 2.65. The van der Waals surface area contributed by atoms with Gasteiger partial charge in [-0.1, -0.05) is 11.8 Å². The van der Waals surface area contributed by atoms with Crippen LogP contribution in [0.25, 0.3) is 0 Å². The second kappa shape index (κ2) is 2.77. The van der Waals surface area contributed by atoms with E-state index in [1.807, 2.05) is 0 Å². The van der Waals surface area contributed by atoms with Crippen molar-refractivity contribution in [3.63, 3.8) is 0 Å². The van der Waals surface area contributed by atoms with Gasteiger partial charge in [0.25, 0.3) is 5.24 Å². The summed E-state index contributed by atoms with van der Waals surface area (Å²) in [5, 5.41) is 8.27. The van der Waals surface area contributed by atoms with Gasteiger partial charge in [0, 0.05) is 18.5 Å². The van der Waals surface area contributed by atoms with E-state index in [0.29, 0.717) is 6.54 Å². The van der Waals surface area contributed by atoms with E-state index in [0.717, 1.165) is 12.0 Å². The maximum atomic E-state index is 10.7. The number of thioether (sulfide) groups is 1. The Hall–Kier alpha value is -0.640. The molecule has 0 unspecified atom stereocenters. The number of amides is 1. The third-order valence-electron chi connectivity index (χ3n) is 1.04. The topological polar surface area (TPSA) is 40.5 Å². The van der Waals surface area contributed by atoms with Crippen molar-refractivity contribution in [3.8, 4) is 0 Å². The summed E-state index contributed by atoms with van der Waals surface area (Å²) in [6.07, 6.45) is 2.26. The fourth-order valence-electron chi connectivity index (χ4n) is 0.621. The standard InChI is InChI=1S/C5H7NO2S/c7-3-1-6-2-4-9-5(6)8/h1,3,7H,2,4H2. The van der Waals surface area contributed by atoms with Gasteiger partial charge in [-0.15, -0.1) is 0 Å². The lowest BCUT2D eigenvalue weighted by molar-refractivity contribution is 0.242.